The van der Waals surface area contributed by atoms with Gasteiger partial charge < -0.3 is 20.5 Å². The molecule has 0 spiro atoms. The van der Waals surface area contributed by atoms with E-state index in [9.17, 15) is 0 Å². The number of aliphatic imine (C=N–C) groups is 1. The quantitative estimate of drug-likeness (QED) is 0.659. The summed E-state index contributed by atoms with van der Waals surface area (Å²) in [7, 11) is 0. The van der Waals surface area contributed by atoms with Crippen molar-refractivity contribution in [2.45, 2.75) is 0 Å². The van der Waals surface area contributed by atoms with Crippen LogP contribution in [-0.2, 0) is 0 Å². The maximum atomic E-state index is 5.85. The molecule has 3 N–H and O–H groups in total. The molecule has 20 heavy (non-hydrogen) atoms. The highest BCUT2D eigenvalue weighted by Gasteiger charge is 2.13. The van der Waals surface area contributed by atoms with Crippen LogP contribution >= 0.6 is 12.4 Å². The molecule has 0 radical (unpaired) electrons. The average Bonchev–Trinajstić information content (AvgIpc) is 2.87. The summed E-state index contributed by atoms with van der Waals surface area (Å²) in [6, 6.07) is 15.0. The Balaban J connectivity index is 0.00000147. The Bertz CT molecular complexity index is 617. The zero-order chi connectivity index (χ0) is 13.1. The molecule has 0 atom stereocenters. The number of rotatable bonds is 2. The van der Waals surface area contributed by atoms with Gasteiger partial charge in [-0.3, -0.25) is 0 Å². The predicted octanol–water partition coefficient (Wildman–Crippen LogP) is 2.90. The normalized spacial score (nSPS) is 12.7. The van der Waals surface area contributed by atoms with Crippen LogP contribution in [0.3, 0.4) is 0 Å². The van der Waals surface area contributed by atoms with E-state index >= 15 is 0 Å². The standard InChI is InChI=1S/C14H13N3O2.ClH/c15-14(16-10-4-2-1-3-5-10)17-11-6-7-12-13(8-11)19-9-18-12;/h1-8H,9H2,(H3,15,16,17);1H. The Morgan fingerprint density at radius 1 is 1.05 bits per heavy atom. The fourth-order valence-corrected chi connectivity index (χ4v) is 1.79. The summed E-state index contributed by atoms with van der Waals surface area (Å²) in [6.07, 6.45) is 0. The third kappa shape index (κ3) is 3.13. The smallest absolute Gasteiger partial charge is 0.231 e. The van der Waals surface area contributed by atoms with Gasteiger partial charge in [-0.25, -0.2) is 4.99 Å². The van der Waals surface area contributed by atoms with E-state index in [2.05, 4.69) is 10.3 Å². The number of nitrogens with one attached hydrogen (secondary N) is 1. The molecule has 1 aliphatic heterocycles. The summed E-state index contributed by atoms with van der Waals surface area (Å²) in [4.78, 5) is 4.26. The lowest BCUT2D eigenvalue weighted by Gasteiger charge is -2.06. The highest BCUT2D eigenvalue weighted by molar-refractivity contribution is 5.94. The first kappa shape index (κ1) is 14.0. The highest BCUT2D eigenvalue weighted by atomic mass is 35.5. The van der Waals surface area contributed by atoms with Gasteiger partial charge in [0.05, 0.1) is 5.69 Å². The molecular formula is C14H14ClN3O2. The van der Waals surface area contributed by atoms with E-state index in [1.54, 1.807) is 0 Å². The number of fused-ring (bicyclic) bond motifs is 1. The molecule has 0 unspecified atom stereocenters. The summed E-state index contributed by atoms with van der Waals surface area (Å²) in [6.45, 7) is 0.256. The molecule has 0 saturated heterocycles. The van der Waals surface area contributed by atoms with Gasteiger partial charge in [0.15, 0.2) is 17.5 Å². The molecule has 0 saturated carbocycles. The van der Waals surface area contributed by atoms with E-state index in [0.29, 0.717) is 11.7 Å². The minimum absolute atomic E-state index is 0. The molecule has 104 valence electrons. The fourth-order valence-electron chi connectivity index (χ4n) is 1.79. The summed E-state index contributed by atoms with van der Waals surface area (Å²) in [5.74, 6) is 1.77. The number of nitrogens with two attached hydrogens (primary N) is 1. The second-order valence-corrected chi connectivity index (χ2v) is 4.03. The molecule has 5 nitrogen and oxygen atoms in total. The number of nitrogens with zero attached hydrogens (tertiary/aromatic N) is 1. The van der Waals surface area contributed by atoms with Gasteiger partial charge in [0, 0.05) is 11.8 Å². The Hall–Kier alpha value is -2.40. The van der Waals surface area contributed by atoms with Crippen molar-refractivity contribution >= 4 is 29.7 Å². The van der Waals surface area contributed by atoms with E-state index < -0.39 is 0 Å². The molecule has 0 bridgehead atoms. The molecule has 1 heterocycles. The molecule has 1 aliphatic rings. The van der Waals surface area contributed by atoms with Gasteiger partial charge in [-0.15, -0.1) is 12.4 Å². The molecule has 2 aromatic rings. The van der Waals surface area contributed by atoms with Crippen molar-refractivity contribution in [3.8, 4) is 11.5 Å². The van der Waals surface area contributed by atoms with Crippen LogP contribution in [0.15, 0.2) is 53.5 Å². The van der Waals surface area contributed by atoms with Crippen LogP contribution in [0.1, 0.15) is 0 Å². The van der Waals surface area contributed by atoms with Gasteiger partial charge in [-0.05, 0) is 24.3 Å². The van der Waals surface area contributed by atoms with Crippen LogP contribution < -0.4 is 20.5 Å². The van der Waals surface area contributed by atoms with Crippen LogP contribution in [0.2, 0.25) is 0 Å². The first-order chi connectivity index (χ1) is 9.31. The maximum absolute atomic E-state index is 5.85. The van der Waals surface area contributed by atoms with Crippen molar-refractivity contribution in [3.63, 3.8) is 0 Å². The number of ether oxygens (including phenoxy) is 2. The summed E-state index contributed by atoms with van der Waals surface area (Å²) < 4.78 is 10.5. The monoisotopic (exact) mass is 291 g/mol. The van der Waals surface area contributed by atoms with E-state index in [1.165, 1.54) is 0 Å². The summed E-state index contributed by atoms with van der Waals surface area (Å²) in [5, 5.41) is 3.01. The Kier molecular flexibility index (Phi) is 4.32. The number of guanidine groups is 1. The van der Waals surface area contributed by atoms with Crippen molar-refractivity contribution in [3.05, 3.63) is 48.5 Å². The number of anilines is 1. The molecule has 3 rings (SSSR count). The second-order valence-electron chi connectivity index (χ2n) is 4.03. The van der Waals surface area contributed by atoms with Gasteiger partial charge in [0.2, 0.25) is 6.79 Å². The number of halogens is 1. The number of hydrogen-bond acceptors (Lipinski definition) is 3. The molecular weight excluding hydrogens is 278 g/mol. The Morgan fingerprint density at radius 3 is 2.60 bits per heavy atom. The Morgan fingerprint density at radius 2 is 1.80 bits per heavy atom. The van der Waals surface area contributed by atoms with Crippen molar-refractivity contribution in [1.82, 2.24) is 0 Å². The largest absolute Gasteiger partial charge is 0.454 e. The SMILES string of the molecule is Cl.NC(=Nc1ccccc1)Nc1ccc2c(c1)OCO2. The molecule has 0 aliphatic carbocycles. The minimum Gasteiger partial charge on any atom is -0.454 e. The van der Waals surface area contributed by atoms with Crippen molar-refractivity contribution in [2.75, 3.05) is 12.1 Å². The first-order valence-corrected chi connectivity index (χ1v) is 5.87. The lowest BCUT2D eigenvalue weighted by Crippen LogP contribution is -2.21. The van der Waals surface area contributed by atoms with Crippen molar-refractivity contribution in [2.24, 2.45) is 10.7 Å². The zero-order valence-electron chi connectivity index (χ0n) is 10.6. The van der Waals surface area contributed by atoms with E-state index in [0.717, 1.165) is 17.1 Å². The summed E-state index contributed by atoms with van der Waals surface area (Å²) in [5.41, 5.74) is 7.46. The molecule has 6 heteroatoms. The van der Waals surface area contributed by atoms with Crippen LogP contribution in [0, 0.1) is 0 Å². The van der Waals surface area contributed by atoms with Gasteiger partial charge in [-0.1, -0.05) is 18.2 Å². The van der Waals surface area contributed by atoms with Gasteiger partial charge in [-0.2, -0.15) is 0 Å². The third-order valence-electron chi connectivity index (χ3n) is 2.65. The van der Waals surface area contributed by atoms with Crippen molar-refractivity contribution < 1.29 is 9.47 Å². The number of hydrogen-bond donors (Lipinski definition) is 2. The number of para-hydroxylation sites is 1. The third-order valence-corrected chi connectivity index (χ3v) is 2.65. The second kappa shape index (κ2) is 6.16. The zero-order valence-corrected chi connectivity index (χ0v) is 11.4. The van der Waals surface area contributed by atoms with E-state index in [-0.39, 0.29) is 19.2 Å². The summed E-state index contributed by atoms with van der Waals surface area (Å²) >= 11 is 0. The van der Waals surface area contributed by atoms with Crippen LogP contribution in [0.4, 0.5) is 11.4 Å². The van der Waals surface area contributed by atoms with Crippen LogP contribution in [0.25, 0.3) is 0 Å². The van der Waals surface area contributed by atoms with Crippen LogP contribution in [-0.4, -0.2) is 12.8 Å². The average molecular weight is 292 g/mol. The first-order valence-electron chi connectivity index (χ1n) is 5.87. The molecule has 0 fully saturated rings. The van der Waals surface area contributed by atoms with E-state index in [4.69, 9.17) is 15.2 Å². The maximum Gasteiger partial charge on any atom is 0.231 e. The fraction of sp³-hybridized carbons (Fsp3) is 0.0714. The number of benzene rings is 2. The van der Waals surface area contributed by atoms with Gasteiger partial charge >= 0.3 is 0 Å². The highest BCUT2D eigenvalue weighted by Crippen LogP contribution is 2.34. The van der Waals surface area contributed by atoms with Gasteiger partial charge in [0.25, 0.3) is 0 Å². The molecule has 2 aromatic carbocycles. The predicted molar refractivity (Wildman–Crippen MR) is 81.2 cm³/mol. The molecule has 0 amide bonds. The topological polar surface area (TPSA) is 68.9 Å². The van der Waals surface area contributed by atoms with Gasteiger partial charge in [0.1, 0.15) is 0 Å². The molecule has 0 aromatic heterocycles. The lowest BCUT2D eigenvalue weighted by atomic mass is 10.3. The van der Waals surface area contributed by atoms with Crippen LogP contribution in [0.5, 0.6) is 11.5 Å². The van der Waals surface area contributed by atoms with Crippen molar-refractivity contribution in [1.29, 1.82) is 0 Å². The lowest BCUT2D eigenvalue weighted by molar-refractivity contribution is 0.174. The Labute approximate surface area is 122 Å². The minimum atomic E-state index is 0. The van der Waals surface area contributed by atoms with E-state index in [1.807, 2.05) is 48.5 Å².